The van der Waals surface area contributed by atoms with Gasteiger partial charge in [-0.1, -0.05) is 45.0 Å². The summed E-state index contributed by atoms with van der Waals surface area (Å²) in [7, 11) is 0. The molecular formula is C22H26F5NS. The fourth-order valence-corrected chi connectivity index (χ4v) is 4.95. The first-order chi connectivity index (χ1) is 13.4. The monoisotopic (exact) mass is 431 g/mol. The Hall–Kier alpha value is -1.47. The van der Waals surface area contributed by atoms with Crippen LogP contribution in [0.4, 0.5) is 22.0 Å². The summed E-state index contributed by atoms with van der Waals surface area (Å²) in [4.78, 5) is 4.05. The fraction of sp³-hybridized carbons (Fsp3) is 0.545. The third-order valence-corrected chi connectivity index (χ3v) is 6.47. The summed E-state index contributed by atoms with van der Waals surface area (Å²) in [6, 6.07) is 10.5. The number of hydrogen-bond acceptors (Lipinski definition) is 2. The van der Waals surface area contributed by atoms with Gasteiger partial charge in [0.15, 0.2) is 0 Å². The zero-order chi connectivity index (χ0) is 21.4. The van der Waals surface area contributed by atoms with Crippen LogP contribution in [-0.2, 0) is 6.54 Å². The van der Waals surface area contributed by atoms with Crippen molar-refractivity contribution in [2.24, 2.45) is 5.41 Å². The van der Waals surface area contributed by atoms with Crippen molar-refractivity contribution in [2.45, 2.75) is 58.2 Å². The number of piperidine rings is 1. The molecule has 29 heavy (non-hydrogen) atoms. The van der Waals surface area contributed by atoms with Gasteiger partial charge in [-0.15, -0.1) is 11.3 Å². The van der Waals surface area contributed by atoms with Gasteiger partial charge in [0, 0.05) is 42.2 Å². The first kappa shape index (κ1) is 22.2. The standard InChI is InChI=1S/C22H26F5NS/c1-20(2,3)19(22(25,26)27)16-6-4-15(5-7-16)18-9-8-17(29-18)14-28-12-10-21(23,24)11-13-28/h4-9,19H,10-14H2,1-3H3. The van der Waals surface area contributed by atoms with E-state index >= 15 is 0 Å². The van der Waals surface area contributed by atoms with Crippen molar-refractivity contribution in [1.29, 1.82) is 0 Å². The molecule has 160 valence electrons. The second-order valence-corrected chi connectivity index (χ2v) is 10.0. The molecule has 0 amide bonds. The quantitative estimate of drug-likeness (QED) is 0.458. The molecule has 1 aliphatic rings. The average molecular weight is 432 g/mol. The van der Waals surface area contributed by atoms with Gasteiger partial charge in [-0.2, -0.15) is 13.2 Å². The number of likely N-dealkylation sites (tertiary alicyclic amines) is 1. The van der Waals surface area contributed by atoms with Crippen LogP contribution in [0.1, 0.15) is 50.0 Å². The summed E-state index contributed by atoms with van der Waals surface area (Å²) < 4.78 is 67.2. The molecule has 1 saturated heterocycles. The van der Waals surface area contributed by atoms with E-state index in [4.69, 9.17) is 0 Å². The van der Waals surface area contributed by atoms with Gasteiger partial charge in [-0.25, -0.2) is 8.78 Å². The average Bonchev–Trinajstić information content (AvgIpc) is 3.03. The topological polar surface area (TPSA) is 3.24 Å². The molecule has 3 rings (SSSR count). The number of hydrogen-bond donors (Lipinski definition) is 0. The van der Waals surface area contributed by atoms with Crippen LogP contribution in [0.3, 0.4) is 0 Å². The lowest BCUT2D eigenvalue weighted by Crippen LogP contribution is -2.38. The Morgan fingerprint density at radius 3 is 2.07 bits per heavy atom. The molecule has 1 nitrogen and oxygen atoms in total. The smallest absolute Gasteiger partial charge is 0.298 e. The third kappa shape index (κ3) is 5.57. The van der Waals surface area contributed by atoms with Crippen molar-refractivity contribution >= 4 is 11.3 Å². The molecule has 0 radical (unpaired) electrons. The summed E-state index contributed by atoms with van der Waals surface area (Å²) in [5, 5.41) is 0. The molecule has 1 atom stereocenters. The van der Waals surface area contributed by atoms with Crippen molar-refractivity contribution in [3.05, 3.63) is 46.8 Å². The molecule has 1 aromatic heterocycles. The normalized spacial score (nSPS) is 19.3. The molecular weight excluding hydrogens is 405 g/mol. The minimum Gasteiger partial charge on any atom is -0.298 e. The Kier molecular flexibility index (Phi) is 6.12. The Balaban J connectivity index is 1.71. The zero-order valence-electron chi connectivity index (χ0n) is 16.8. The minimum absolute atomic E-state index is 0.110. The van der Waals surface area contributed by atoms with Gasteiger partial charge in [-0.3, -0.25) is 4.90 Å². The predicted molar refractivity (Wildman–Crippen MR) is 107 cm³/mol. The van der Waals surface area contributed by atoms with E-state index in [0.29, 0.717) is 19.6 Å². The second-order valence-electron chi connectivity index (χ2n) is 8.86. The maximum Gasteiger partial charge on any atom is 0.396 e. The van der Waals surface area contributed by atoms with Crippen molar-refractivity contribution in [3.63, 3.8) is 0 Å². The van der Waals surface area contributed by atoms with E-state index in [-0.39, 0.29) is 18.4 Å². The molecule has 7 heteroatoms. The van der Waals surface area contributed by atoms with Gasteiger partial charge < -0.3 is 0 Å². The number of nitrogens with zero attached hydrogens (tertiary/aromatic N) is 1. The third-order valence-electron chi connectivity index (χ3n) is 5.35. The molecule has 0 bridgehead atoms. The van der Waals surface area contributed by atoms with Crippen LogP contribution in [0.15, 0.2) is 36.4 Å². The van der Waals surface area contributed by atoms with Crippen molar-refractivity contribution < 1.29 is 22.0 Å². The highest BCUT2D eigenvalue weighted by atomic mass is 32.1. The van der Waals surface area contributed by atoms with E-state index in [9.17, 15) is 22.0 Å². The van der Waals surface area contributed by atoms with E-state index < -0.39 is 23.4 Å². The number of alkyl halides is 5. The number of rotatable bonds is 4. The first-order valence-corrected chi connectivity index (χ1v) is 10.5. The summed E-state index contributed by atoms with van der Waals surface area (Å²) >= 11 is 1.55. The van der Waals surface area contributed by atoms with E-state index in [2.05, 4.69) is 0 Å². The Bertz CT molecular complexity index is 793. The molecule has 0 saturated carbocycles. The Morgan fingerprint density at radius 1 is 0.966 bits per heavy atom. The highest BCUT2D eigenvalue weighted by Gasteiger charge is 2.47. The highest BCUT2D eigenvalue weighted by molar-refractivity contribution is 7.15. The van der Waals surface area contributed by atoms with E-state index in [1.807, 2.05) is 17.0 Å². The maximum absolute atomic E-state index is 13.5. The zero-order valence-corrected chi connectivity index (χ0v) is 17.6. The van der Waals surface area contributed by atoms with Crippen LogP contribution in [-0.4, -0.2) is 30.1 Å². The number of benzene rings is 1. The van der Waals surface area contributed by atoms with Crippen LogP contribution in [0, 0.1) is 5.41 Å². The fourth-order valence-electron chi connectivity index (χ4n) is 3.90. The van der Waals surface area contributed by atoms with Crippen LogP contribution < -0.4 is 0 Å². The second kappa shape index (κ2) is 7.99. The SMILES string of the molecule is CC(C)(C)C(c1ccc(-c2ccc(CN3CCC(F)(F)CC3)s2)cc1)C(F)(F)F. The first-order valence-electron chi connectivity index (χ1n) is 9.71. The van der Waals surface area contributed by atoms with E-state index in [1.54, 1.807) is 56.4 Å². The molecule has 1 fully saturated rings. The van der Waals surface area contributed by atoms with E-state index in [1.165, 1.54) is 0 Å². The van der Waals surface area contributed by atoms with Gasteiger partial charge in [0.2, 0.25) is 0 Å². The van der Waals surface area contributed by atoms with Crippen LogP contribution in [0.5, 0.6) is 0 Å². The molecule has 0 N–H and O–H groups in total. The molecule has 1 aromatic carbocycles. The van der Waals surface area contributed by atoms with Gasteiger partial charge in [0.05, 0.1) is 5.92 Å². The summed E-state index contributed by atoms with van der Waals surface area (Å²) in [5.74, 6) is -4.08. The minimum atomic E-state index is -4.30. The van der Waals surface area contributed by atoms with Crippen molar-refractivity contribution in [3.8, 4) is 10.4 Å². The Morgan fingerprint density at radius 2 is 1.55 bits per heavy atom. The highest BCUT2D eigenvalue weighted by Crippen LogP contribution is 2.47. The van der Waals surface area contributed by atoms with Gasteiger partial charge in [0.25, 0.3) is 5.92 Å². The summed E-state index contributed by atoms with van der Waals surface area (Å²) in [6.45, 7) is 6.17. The lowest BCUT2D eigenvalue weighted by molar-refractivity contribution is -0.171. The molecule has 0 aliphatic carbocycles. The van der Waals surface area contributed by atoms with Crippen LogP contribution in [0.25, 0.3) is 10.4 Å². The van der Waals surface area contributed by atoms with Gasteiger partial charge >= 0.3 is 6.18 Å². The maximum atomic E-state index is 13.5. The number of thiophene rings is 1. The van der Waals surface area contributed by atoms with Crippen molar-refractivity contribution in [2.75, 3.05) is 13.1 Å². The van der Waals surface area contributed by atoms with Crippen LogP contribution in [0.2, 0.25) is 0 Å². The molecule has 2 heterocycles. The van der Waals surface area contributed by atoms with Crippen molar-refractivity contribution in [1.82, 2.24) is 4.90 Å². The molecule has 1 unspecified atom stereocenters. The van der Waals surface area contributed by atoms with E-state index in [0.717, 1.165) is 15.3 Å². The Labute approximate surface area is 172 Å². The number of halogens is 5. The van der Waals surface area contributed by atoms with Gasteiger partial charge in [-0.05, 0) is 28.7 Å². The molecule has 2 aromatic rings. The summed E-state index contributed by atoms with van der Waals surface area (Å²) in [5.41, 5.74) is 0.200. The van der Waals surface area contributed by atoms with Gasteiger partial charge in [0.1, 0.15) is 0 Å². The summed E-state index contributed by atoms with van der Waals surface area (Å²) in [6.07, 6.45) is -4.52. The lowest BCUT2D eigenvalue weighted by Gasteiger charge is -2.32. The largest absolute Gasteiger partial charge is 0.396 e. The lowest BCUT2D eigenvalue weighted by atomic mass is 9.76. The predicted octanol–water partition coefficient (Wildman–Crippen LogP) is 7.34. The molecule has 0 spiro atoms. The van der Waals surface area contributed by atoms with Crippen LogP contribution >= 0.6 is 11.3 Å². The molecule has 1 aliphatic heterocycles.